The summed E-state index contributed by atoms with van der Waals surface area (Å²) < 4.78 is 8.60. The predicted octanol–water partition coefficient (Wildman–Crippen LogP) is 2.93. The zero-order valence-corrected chi connectivity index (χ0v) is 16.2. The van der Waals surface area contributed by atoms with E-state index in [0.29, 0.717) is 30.1 Å². The molecule has 3 rings (SSSR count). The molecule has 0 aliphatic carbocycles. The first kappa shape index (κ1) is 18.8. The van der Waals surface area contributed by atoms with Crippen molar-refractivity contribution >= 4 is 16.8 Å². The smallest absolute Gasteiger partial charge is 0.268 e. The van der Waals surface area contributed by atoms with Crippen LogP contribution in [-0.4, -0.2) is 22.2 Å². The summed E-state index contributed by atoms with van der Waals surface area (Å²) in [5.74, 6) is 0.937. The molecule has 0 saturated carbocycles. The highest BCUT2D eigenvalue weighted by Crippen LogP contribution is 2.16. The molecule has 6 heteroatoms. The maximum atomic E-state index is 12.7. The molecule has 1 N–H and O–H groups in total. The lowest BCUT2D eigenvalue weighted by atomic mass is 10.2. The van der Waals surface area contributed by atoms with Gasteiger partial charge < -0.3 is 19.2 Å². The van der Waals surface area contributed by atoms with E-state index in [4.69, 9.17) is 4.74 Å². The SMILES string of the molecule is COc1ccc(CNC(=O)c2cc3c(=O)n(CC(C)C)ccc3n2C)cc1. The van der Waals surface area contributed by atoms with Crippen molar-refractivity contribution in [2.45, 2.75) is 26.9 Å². The zero-order valence-electron chi connectivity index (χ0n) is 16.2. The van der Waals surface area contributed by atoms with E-state index in [1.165, 1.54) is 0 Å². The molecule has 1 aromatic carbocycles. The van der Waals surface area contributed by atoms with Gasteiger partial charge in [-0.05, 0) is 35.7 Å². The number of ether oxygens (including phenoxy) is 1. The number of hydrogen-bond acceptors (Lipinski definition) is 3. The fourth-order valence-corrected chi connectivity index (χ4v) is 3.15. The summed E-state index contributed by atoms with van der Waals surface area (Å²) in [6, 6.07) is 11.1. The monoisotopic (exact) mass is 367 g/mol. The van der Waals surface area contributed by atoms with Gasteiger partial charge in [-0.25, -0.2) is 0 Å². The van der Waals surface area contributed by atoms with Crippen LogP contribution in [0.1, 0.15) is 29.9 Å². The maximum Gasteiger partial charge on any atom is 0.268 e. The van der Waals surface area contributed by atoms with Gasteiger partial charge in [0, 0.05) is 26.3 Å². The van der Waals surface area contributed by atoms with Crippen LogP contribution in [0.15, 0.2) is 47.4 Å². The second-order valence-electron chi connectivity index (χ2n) is 7.09. The highest BCUT2D eigenvalue weighted by molar-refractivity contribution is 5.98. The molecule has 2 aromatic heterocycles. The Morgan fingerprint density at radius 2 is 1.89 bits per heavy atom. The van der Waals surface area contributed by atoms with Crippen LogP contribution in [0.5, 0.6) is 5.75 Å². The highest BCUT2D eigenvalue weighted by Gasteiger charge is 2.16. The van der Waals surface area contributed by atoms with E-state index in [-0.39, 0.29) is 11.5 Å². The third kappa shape index (κ3) is 3.89. The lowest BCUT2D eigenvalue weighted by Crippen LogP contribution is -2.24. The standard InChI is InChI=1S/C21H25N3O3/c1-14(2)13-24-10-9-18-17(21(24)26)11-19(23(18)3)20(25)22-12-15-5-7-16(27-4)8-6-15/h5-11,14H,12-13H2,1-4H3,(H,22,25). The third-order valence-corrected chi connectivity index (χ3v) is 4.59. The number of carbonyl (C=O) groups excluding carboxylic acids is 1. The van der Waals surface area contributed by atoms with Crippen LogP contribution in [0, 0.1) is 5.92 Å². The number of fused-ring (bicyclic) bond motifs is 1. The number of carbonyl (C=O) groups is 1. The van der Waals surface area contributed by atoms with Gasteiger partial charge in [-0.3, -0.25) is 9.59 Å². The van der Waals surface area contributed by atoms with Crippen LogP contribution in [0.3, 0.4) is 0 Å². The van der Waals surface area contributed by atoms with E-state index in [1.807, 2.05) is 30.3 Å². The molecular formula is C21H25N3O3. The van der Waals surface area contributed by atoms with E-state index in [2.05, 4.69) is 19.2 Å². The Morgan fingerprint density at radius 1 is 1.19 bits per heavy atom. The molecule has 2 heterocycles. The van der Waals surface area contributed by atoms with Gasteiger partial charge >= 0.3 is 0 Å². The zero-order chi connectivity index (χ0) is 19.6. The first-order chi connectivity index (χ1) is 12.9. The molecule has 0 atom stereocenters. The van der Waals surface area contributed by atoms with E-state index in [0.717, 1.165) is 16.8 Å². The second-order valence-corrected chi connectivity index (χ2v) is 7.09. The number of nitrogens with one attached hydrogen (secondary N) is 1. The van der Waals surface area contributed by atoms with E-state index >= 15 is 0 Å². The minimum Gasteiger partial charge on any atom is -0.497 e. The Balaban J connectivity index is 1.82. The van der Waals surface area contributed by atoms with Crippen molar-refractivity contribution < 1.29 is 9.53 Å². The van der Waals surface area contributed by atoms with Crippen LogP contribution < -0.4 is 15.6 Å². The molecule has 0 radical (unpaired) electrons. The van der Waals surface area contributed by atoms with Crippen molar-refractivity contribution in [3.05, 3.63) is 64.2 Å². The van der Waals surface area contributed by atoms with Crippen molar-refractivity contribution in [2.75, 3.05) is 7.11 Å². The number of nitrogens with zero attached hydrogens (tertiary/aromatic N) is 2. The molecule has 0 fully saturated rings. The highest BCUT2D eigenvalue weighted by atomic mass is 16.5. The average Bonchev–Trinajstić information content (AvgIpc) is 3.00. The Bertz CT molecular complexity index is 1010. The molecule has 1 amide bonds. The summed E-state index contributed by atoms with van der Waals surface area (Å²) in [5, 5.41) is 3.48. The number of rotatable bonds is 6. The molecule has 142 valence electrons. The van der Waals surface area contributed by atoms with Gasteiger partial charge in [-0.1, -0.05) is 26.0 Å². The lowest BCUT2D eigenvalue weighted by molar-refractivity contribution is 0.0943. The van der Waals surface area contributed by atoms with Crippen molar-refractivity contribution in [3.63, 3.8) is 0 Å². The normalized spacial score (nSPS) is 11.1. The van der Waals surface area contributed by atoms with Crippen LogP contribution in [-0.2, 0) is 20.1 Å². The molecule has 27 heavy (non-hydrogen) atoms. The molecule has 0 bridgehead atoms. The van der Waals surface area contributed by atoms with Gasteiger partial charge in [0.25, 0.3) is 11.5 Å². The number of amides is 1. The van der Waals surface area contributed by atoms with E-state index in [9.17, 15) is 9.59 Å². The van der Waals surface area contributed by atoms with Gasteiger partial charge in [0.05, 0.1) is 18.0 Å². The van der Waals surface area contributed by atoms with Gasteiger partial charge in [0.1, 0.15) is 11.4 Å². The van der Waals surface area contributed by atoms with Gasteiger partial charge in [0.15, 0.2) is 0 Å². The van der Waals surface area contributed by atoms with Gasteiger partial charge in [0.2, 0.25) is 0 Å². The van der Waals surface area contributed by atoms with Crippen molar-refractivity contribution in [1.82, 2.24) is 14.5 Å². The number of hydrogen-bond donors (Lipinski definition) is 1. The van der Waals surface area contributed by atoms with Crippen LogP contribution in [0.4, 0.5) is 0 Å². The minimum absolute atomic E-state index is 0.0639. The number of pyridine rings is 1. The maximum absolute atomic E-state index is 12.7. The molecule has 0 saturated heterocycles. The minimum atomic E-state index is -0.209. The van der Waals surface area contributed by atoms with E-state index in [1.54, 1.807) is 35.6 Å². The number of methoxy groups -OCH3 is 1. The summed E-state index contributed by atoms with van der Waals surface area (Å²) in [7, 11) is 3.42. The third-order valence-electron chi connectivity index (χ3n) is 4.59. The Morgan fingerprint density at radius 3 is 2.52 bits per heavy atom. The summed E-state index contributed by atoms with van der Waals surface area (Å²) in [4.78, 5) is 25.3. The largest absolute Gasteiger partial charge is 0.497 e. The number of aromatic nitrogens is 2. The molecule has 6 nitrogen and oxygen atoms in total. The van der Waals surface area contributed by atoms with Gasteiger partial charge in [-0.15, -0.1) is 0 Å². The molecule has 3 aromatic rings. The fraction of sp³-hybridized carbons (Fsp3) is 0.333. The number of benzene rings is 1. The Labute approximate surface area is 158 Å². The predicted molar refractivity (Wildman–Crippen MR) is 106 cm³/mol. The molecule has 0 unspecified atom stereocenters. The molecule has 0 aliphatic rings. The van der Waals surface area contributed by atoms with Crippen molar-refractivity contribution in [2.24, 2.45) is 13.0 Å². The molecule has 0 aliphatic heterocycles. The summed E-state index contributed by atoms with van der Waals surface area (Å²) in [6.45, 7) is 5.20. The van der Waals surface area contributed by atoms with Crippen molar-refractivity contribution in [1.29, 1.82) is 0 Å². The summed E-state index contributed by atoms with van der Waals surface area (Å²) in [6.07, 6.45) is 1.80. The fourth-order valence-electron chi connectivity index (χ4n) is 3.15. The quantitative estimate of drug-likeness (QED) is 0.728. The molecule has 0 spiro atoms. The second kappa shape index (κ2) is 7.70. The number of aryl methyl sites for hydroxylation is 1. The topological polar surface area (TPSA) is 65.3 Å². The summed E-state index contributed by atoms with van der Waals surface area (Å²) in [5.41, 5.74) is 2.14. The Hall–Kier alpha value is -3.02. The lowest BCUT2D eigenvalue weighted by Gasteiger charge is -2.09. The average molecular weight is 367 g/mol. The van der Waals surface area contributed by atoms with Crippen LogP contribution >= 0.6 is 0 Å². The first-order valence-electron chi connectivity index (χ1n) is 9.00. The van der Waals surface area contributed by atoms with Crippen molar-refractivity contribution in [3.8, 4) is 5.75 Å². The van der Waals surface area contributed by atoms with Gasteiger partial charge in [-0.2, -0.15) is 0 Å². The van der Waals surface area contributed by atoms with Crippen LogP contribution in [0.2, 0.25) is 0 Å². The van der Waals surface area contributed by atoms with E-state index < -0.39 is 0 Å². The first-order valence-corrected chi connectivity index (χ1v) is 9.00. The molecular weight excluding hydrogens is 342 g/mol. The van der Waals surface area contributed by atoms with Crippen LogP contribution in [0.25, 0.3) is 10.9 Å². The Kier molecular flexibility index (Phi) is 5.35. The summed E-state index contributed by atoms with van der Waals surface area (Å²) >= 11 is 0.